The van der Waals surface area contributed by atoms with Crippen LogP contribution < -0.4 is 14.4 Å². The molecular weight excluding hydrogens is 596 g/mol. The van der Waals surface area contributed by atoms with Crippen LogP contribution in [-0.4, -0.2) is 55.8 Å². The van der Waals surface area contributed by atoms with E-state index >= 15 is 0 Å². The van der Waals surface area contributed by atoms with Crippen molar-refractivity contribution in [1.29, 1.82) is 0 Å². The first-order chi connectivity index (χ1) is 20.3. The maximum atomic E-state index is 14.0. The highest BCUT2D eigenvalue weighted by Crippen LogP contribution is 2.29. The van der Waals surface area contributed by atoms with Gasteiger partial charge in [-0.2, -0.15) is 0 Å². The number of halogens is 1. The molecule has 0 heterocycles. The normalized spacial score (nSPS) is 12.6. The second-order valence-corrected chi connectivity index (χ2v) is 12.4. The summed E-state index contributed by atoms with van der Waals surface area (Å²) in [7, 11) is -3.04. The minimum absolute atomic E-state index is 0.00238. The van der Waals surface area contributed by atoms with Crippen molar-refractivity contribution < 1.29 is 27.7 Å². The average molecular weight is 631 g/mol. The Morgan fingerprint density at radius 2 is 1.67 bits per heavy atom. The van der Waals surface area contributed by atoms with E-state index in [0.29, 0.717) is 22.8 Å². The van der Waals surface area contributed by atoms with E-state index in [1.165, 1.54) is 55.3 Å². The maximum absolute atomic E-state index is 14.0. The zero-order chi connectivity index (χ0) is 31.9. The molecule has 0 aliphatic heterocycles. The number of anilines is 1. The Hall–Kier alpha value is -4.16. The number of nitrogens with one attached hydrogen (secondary N) is 1. The van der Waals surface area contributed by atoms with Crippen molar-refractivity contribution in [3.05, 3.63) is 93.0 Å². The average Bonchev–Trinajstić information content (AvgIpc) is 2.98. The second-order valence-electron chi connectivity index (χ2n) is 10.1. The fourth-order valence-electron chi connectivity index (χ4n) is 4.19. The molecular formula is C30H35ClN4O7S. The number of methoxy groups -OCH3 is 1. The van der Waals surface area contributed by atoms with Crippen LogP contribution in [0.3, 0.4) is 0 Å². The maximum Gasteiger partial charge on any atom is 0.273 e. The van der Waals surface area contributed by atoms with E-state index < -0.39 is 39.3 Å². The number of rotatable bonds is 13. The van der Waals surface area contributed by atoms with E-state index in [1.54, 1.807) is 31.2 Å². The summed E-state index contributed by atoms with van der Waals surface area (Å²) in [6.07, 6.45) is 0.676. The molecule has 3 aromatic rings. The molecule has 3 aromatic carbocycles. The second kappa shape index (κ2) is 14.3. The molecule has 230 valence electrons. The fourth-order valence-corrected chi connectivity index (χ4v) is 5.75. The van der Waals surface area contributed by atoms with Crippen LogP contribution in [0.15, 0.2) is 71.6 Å². The van der Waals surface area contributed by atoms with Crippen LogP contribution in [0, 0.1) is 17.0 Å². The van der Waals surface area contributed by atoms with Crippen LogP contribution in [0.1, 0.15) is 38.3 Å². The van der Waals surface area contributed by atoms with Crippen LogP contribution >= 0.6 is 11.6 Å². The standard InChI is InChI=1S/C30H35ClN4O7S/c1-6-21(3)32-30(37)22(4)33(18-23-8-10-24(31)11-9-23)29(36)19-34(25-12-14-26(42-5)15-13-25)43(40,41)27-16-7-20(2)28(17-27)35(38)39/h7-17,21-22H,6,18-19H2,1-5H3,(H,32,37)/t21-,22-/m1/s1. The molecule has 0 aliphatic carbocycles. The van der Waals surface area contributed by atoms with Crippen LogP contribution in [0.2, 0.25) is 5.02 Å². The molecule has 0 bridgehead atoms. The minimum atomic E-state index is -4.50. The largest absolute Gasteiger partial charge is 0.497 e. The van der Waals surface area contributed by atoms with Crippen LogP contribution in [0.5, 0.6) is 5.75 Å². The molecule has 11 nitrogen and oxygen atoms in total. The molecule has 2 amide bonds. The molecule has 3 rings (SSSR count). The van der Waals surface area contributed by atoms with E-state index in [4.69, 9.17) is 16.3 Å². The number of ether oxygens (including phenoxy) is 1. The summed E-state index contributed by atoms with van der Waals surface area (Å²) >= 11 is 6.03. The molecule has 2 atom stereocenters. The highest BCUT2D eigenvalue weighted by atomic mass is 35.5. The summed E-state index contributed by atoms with van der Waals surface area (Å²) in [5.41, 5.74) is 0.711. The lowest BCUT2D eigenvalue weighted by Gasteiger charge is -2.32. The molecule has 0 saturated carbocycles. The predicted octanol–water partition coefficient (Wildman–Crippen LogP) is 5.09. The Bertz CT molecular complexity index is 1560. The lowest BCUT2D eigenvalue weighted by molar-refractivity contribution is -0.385. The van der Waals surface area contributed by atoms with Crippen molar-refractivity contribution in [2.45, 2.75) is 57.6 Å². The van der Waals surface area contributed by atoms with Crippen molar-refractivity contribution >= 4 is 44.8 Å². The van der Waals surface area contributed by atoms with Gasteiger partial charge in [-0.15, -0.1) is 0 Å². The third kappa shape index (κ3) is 8.23. The highest BCUT2D eigenvalue weighted by Gasteiger charge is 2.33. The van der Waals surface area contributed by atoms with Gasteiger partial charge in [0.25, 0.3) is 15.7 Å². The number of nitro groups is 1. The molecule has 1 N–H and O–H groups in total. The van der Waals surface area contributed by atoms with Gasteiger partial charge >= 0.3 is 0 Å². The van der Waals surface area contributed by atoms with Crippen molar-refractivity contribution in [3.8, 4) is 5.75 Å². The number of benzene rings is 3. The third-order valence-electron chi connectivity index (χ3n) is 7.04. The zero-order valence-corrected chi connectivity index (χ0v) is 26.2. The first-order valence-corrected chi connectivity index (χ1v) is 15.4. The van der Waals surface area contributed by atoms with Gasteiger partial charge in [-0.25, -0.2) is 8.42 Å². The molecule has 0 fully saturated rings. The van der Waals surface area contributed by atoms with E-state index in [2.05, 4.69) is 5.32 Å². The van der Waals surface area contributed by atoms with E-state index in [9.17, 15) is 28.1 Å². The Balaban J connectivity index is 2.08. The van der Waals surface area contributed by atoms with Gasteiger partial charge in [0, 0.05) is 29.2 Å². The predicted molar refractivity (Wildman–Crippen MR) is 165 cm³/mol. The molecule has 0 aromatic heterocycles. The van der Waals surface area contributed by atoms with E-state index in [-0.39, 0.29) is 34.4 Å². The summed E-state index contributed by atoms with van der Waals surface area (Å²) in [5, 5.41) is 15.0. The van der Waals surface area contributed by atoms with Gasteiger partial charge < -0.3 is 15.0 Å². The summed E-state index contributed by atoms with van der Waals surface area (Å²) < 4.78 is 34.1. The number of carbonyl (C=O) groups excluding carboxylic acids is 2. The number of aryl methyl sites for hydroxylation is 1. The topological polar surface area (TPSA) is 139 Å². The van der Waals surface area contributed by atoms with Crippen molar-refractivity contribution in [1.82, 2.24) is 10.2 Å². The molecule has 0 spiro atoms. The van der Waals surface area contributed by atoms with Crippen molar-refractivity contribution in [2.24, 2.45) is 0 Å². The number of nitro benzene ring substituents is 1. The van der Waals surface area contributed by atoms with Crippen molar-refractivity contribution in [3.63, 3.8) is 0 Å². The van der Waals surface area contributed by atoms with E-state index in [1.807, 2.05) is 13.8 Å². The lowest BCUT2D eigenvalue weighted by atomic mass is 10.1. The van der Waals surface area contributed by atoms with Crippen LogP contribution in [0.4, 0.5) is 11.4 Å². The Labute approximate surface area is 256 Å². The fraction of sp³-hybridized carbons (Fsp3) is 0.333. The number of sulfonamides is 1. The summed E-state index contributed by atoms with van der Waals surface area (Å²) in [5.74, 6) is -0.606. The van der Waals surface area contributed by atoms with Gasteiger partial charge in [-0.3, -0.25) is 24.0 Å². The highest BCUT2D eigenvalue weighted by molar-refractivity contribution is 7.92. The summed E-state index contributed by atoms with van der Waals surface area (Å²) in [4.78, 5) is 39.0. The molecule has 0 aliphatic rings. The number of hydrogen-bond acceptors (Lipinski definition) is 7. The third-order valence-corrected chi connectivity index (χ3v) is 9.06. The molecule has 43 heavy (non-hydrogen) atoms. The van der Waals surface area contributed by atoms with Crippen LogP contribution in [-0.2, 0) is 26.2 Å². The Kier molecular flexibility index (Phi) is 11.1. The van der Waals surface area contributed by atoms with Crippen LogP contribution in [0.25, 0.3) is 0 Å². The van der Waals surface area contributed by atoms with Gasteiger partial charge in [0.1, 0.15) is 18.3 Å². The minimum Gasteiger partial charge on any atom is -0.497 e. The smallest absolute Gasteiger partial charge is 0.273 e. The molecule has 0 saturated heterocycles. The van der Waals surface area contributed by atoms with Gasteiger partial charge in [-0.1, -0.05) is 36.7 Å². The van der Waals surface area contributed by atoms with Crippen molar-refractivity contribution in [2.75, 3.05) is 18.0 Å². The quantitative estimate of drug-likeness (QED) is 0.205. The first kappa shape index (κ1) is 33.3. The van der Waals surface area contributed by atoms with Gasteiger partial charge in [0.05, 0.1) is 22.6 Å². The van der Waals surface area contributed by atoms with Gasteiger partial charge in [0.2, 0.25) is 11.8 Å². The van der Waals surface area contributed by atoms with Gasteiger partial charge in [0.15, 0.2) is 0 Å². The number of amides is 2. The Morgan fingerprint density at radius 3 is 2.23 bits per heavy atom. The number of carbonyl (C=O) groups is 2. The lowest BCUT2D eigenvalue weighted by Crippen LogP contribution is -2.52. The van der Waals surface area contributed by atoms with Gasteiger partial charge in [-0.05, 0) is 75.2 Å². The zero-order valence-electron chi connectivity index (χ0n) is 24.6. The summed E-state index contributed by atoms with van der Waals surface area (Å²) in [6.45, 7) is 6.14. The first-order valence-electron chi connectivity index (χ1n) is 13.5. The molecule has 0 unspecified atom stereocenters. The summed E-state index contributed by atoms with van der Waals surface area (Å²) in [6, 6.07) is 15.2. The molecule has 13 heteroatoms. The SMILES string of the molecule is CC[C@@H](C)NC(=O)[C@@H](C)N(Cc1ccc(Cl)cc1)C(=O)CN(c1ccc(OC)cc1)S(=O)(=O)c1ccc(C)c([N+](=O)[O-])c1. The monoisotopic (exact) mass is 630 g/mol. The molecule has 0 radical (unpaired) electrons. The van der Waals surface area contributed by atoms with E-state index in [0.717, 1.165) is 10.4 Å². The Morgan fingerprint density at radius 1 is 1.05 bits per heavy atom. The number of nitrogens with zero attached hydrogens (tertiary/aromatic N) is 3. The number of hydrogen-bond donors (Lipinski definition) is 1.